The van der Waals surface area contributed by atoms with Crippen molar-refractivity contribution in [3.63, 3.8) is 0 Å². The maximum absolute atomic E-state index is 13.7. The standard InChI is InChI=1S/C28H32N6O6S2/c1-17-12-34(18(2)15-35)28(37)19-8-7-10-21(30-26(36)27-31-20-9-5-6-11-23(20)41-27)25(19)40-22(17)13-33(4)42(38,39)24-14-32(3)16-29-24/h5-11,14,16-18,22,35H,12-13,15H2,1-4H3,(H,30,36)/t17-,18+,22+/m0/s1. The number of nitrogens with one attached hydrogen (secondary N) is 1. The number of amides is 2. The van der Waals surface area contributed by atoms with Gasteiger partial charge in [0.15, 0.2) is 15.8 Å². The van der Waals surface area contributed by atoms with Crippen LogP contribution in [0.5, 0.6) is 5.75 Å². The van der Waals surface area contributed by atoms with Crippen molar-refractivity contribution in [3.05, 3.63) is 65.6 Å². The number of benzene rings is 2. The zero-order chi connectivity index (χ0) is 30.2. The number of likely N-dealkylation sites (N-methyl/N-ethyl adjacent to an activating group) is 1. The topological polar surface area (TPSA) is 147 Å². The molecule has 4 aromatic rings. The van der Waals surface area contributed by atoms with Crippen LogP contribution < -0.4 is 10.1 Å². The van der Waals surface area contributed by atoms with Gasteiger partial charge >= 0.3 is 0 Å². The number of nitrogens with zero attached hydrogens (tertiary/aromatic N) is 5. The number of imidazole rings is 1. The van der Waals surface area contributed by atoms with Crippen LogP contribution in [0.4, 0.5) is 5.69 Å². The normalized spacial score (nSPS) is 18.3. The molecule has 222 valence electrons. The Bertz CT molecular complexity index is 1700. The van der Waals surface area contributed by atoms with Crippen molar-refractivity contribution in [1.29, 1.82) is 0 Å². The number of aliphatic hydroxyl groups excluding tert-OH is 1. The van der Waals surface area contributed by atoms with E-state index in [1.165, 1.54) is 35.2 Å². The molecule has 2 aromatic heterocycles. The van der Waals surface area contributed by atoms with Crippen molar-refractivity contribution in [2.24, 2.45) is 13.0 Å². The summed E-state index contributed by atoms with van der Waals surface area (Å²) in [6.07, 6.45) is 2.10. The Hall–Kier alpha value is -3.85. The van der Waals surface area contributed by atoms with E-state index >= 15 is 0 Å². The fourth-order valence-corrected chi connectivity index (χ4v) is 6.74. The highest BCUT2D eigenvalue weighted by molar-refractivity contribution is 7.89. The molecule has 1 aliphatic rings. The zero-order valence-electron chi connectivity index (χ0n) is 23.6. The fourth-order valence-electron chi connectivity index (χ4n) is 4.74. The zero-order valence-corrected chi connectivity index (χ0v) is 25.2. The average Bonchev–Trinajstić information content (AvgIpc) is 3.61. The fraction of sp³-hybridized carbons (Fsp3) is 0.357. The molecule has 12 nitrogen and oxygen atoms in total. The lowest BCUT2D eigenvalue weighted by Crippen LogP contribution is -2.50. The molecule has 2 aromatic carbocycles. The van der Waals surface area contributed by atoms with Crippen LogP contribution in [0.25, 0.3) is 10.2 Å². The highest BCUT2D eigenvalue weighted by Gasteiger charge is 2.36. The van der Waals surface area contributed by atoms with Crippen LogP contribution in [0.3, 0.4) is 0 Å². The molecule has 0 unspecified atom stereocenters. The smallest absolute Gasteiger partial charge is 0.284 e. The van der Waals surface area contributed by atoms with E-state index in [4.69, 9.17) is 4.74 Å². The predicted octanol–water partition coefficient (Wildman–Crippen LogP) is 2.82. The predicted molar refractivity (Wildman–Crippen MR) is 158 cm³/mol. The monoisotopic (exact) mass is 612 g/mol. The van der Waals surface area contributed by atoms with E-state index in [1.54, 1.807) is 41.6 Å². The summed E-state index contributed by atoms with van der Waals surface area (Å²) in [4.78, 5) is 37.0. The number of sulfonamides is 1. The summed E-state index contributed by atoms with van der Waals surface area (Å²) in [5.74, 6) is -1.08. The van der Waals surface area contributed by atoms with Crippen LogP contribution in [-0.4, -0.2) is 88.0 Å². The molecule has 0 aliphatic carbocycles. The van der Waals surface area contributed by atoms with Crippen LogP contribution in [0.2, 0.25) is 0 Å². The number of ether oxygens (including phenoxy) is 1. The molecule has 0 spiro atoms. The van der Waals surface area contributed by atoms with Crippen LogP contribution in [0.15, 0.2) is 60.0 Å². The highest BCUT2D eigenvalue weighted by atomic mass is 32.2. The number of thiazole rings is 1. The van der Waals surface area contributed by atoms with Gasteiger partial charge in [0.2, 0.25) is 0 Å². The lowest BCUT2D eigenvalue weighted by molar-refractivity contribution is 0.0388. The summed E-state index contributed by atoms with van der Waals surface area (Å²) in [7, 11) is -0.813. The first kappa shape index (κ1) is 29.6. The summed E-state index contributed by atoms with van der Waals surface area (Å²) in [6.45, 7) is 3.47. The molecule has 3 atom stereocenters. The van der Waals surface area contributed by atoms with Gasteiger partial charge in [0.25, 0.3) is 21.8 Å². The van der Waals surface area contributed by atoms with Crippen LogP contribution in [0, 0.1) is 5.92 Å². The molecule has 1 aliphatic heterocycles. The number of rotatable bonds is 8. The van der Waals surface area contributed by atoms with Crippen molar-refractivity contribution in [2.75, 3.05) is 32.1 Å². The molecule has 5 rings (SSSR count). The maximum Gasteiger partial charge on any atom is 0.284 e. The van der Waals surface area contributed by atoms with Gasteiger partial charge in [-0.25, -0.2) is 18.4 Å². The number of anilines is 1. The molecular weight excluding hydrogens is 580 g/mol. The largest absolute Gasteiger partial charge is 0.486 e. The summed E-state index contributed by atoms with van der Waals surface area (Å²) in [6, 6.07) is 11.7. The second-order valence-electron chi connectivity index (χ2n) is 10.4. The minimum absolute atomic E-state index is 0.0603. The maximum atomic E-state index is 13.7. The number of carbonyl (C=O) groups is 2. The van der Waals surface area contributed by atoms with Crippen LogP contribution in [-0.2, 0) is 17.1 Å². The number of aryl methyl sites for hydroxylation is 1. The first-order valence-corrected chi connectivity index (χ1v) is 15.6. The van der Waals surface area contributed by atoms with Gasteiger partial charge in [-0.1, -0.05) is 25.1 Å². The molecule has 2 amide bonds. The van der Waals surface area contributed by atoms with Crippen molar-refractivity contribution < 1.29 is 27.9 Å². The molecule has 0 fully saturated rings. The van der Waals surface area contributed by atoms with E-state index in [9.17, 15) is 23.1 Å². The highest BCUT2D eigenvalue weighted by Crippen LogP contribution is 2.36. The minimum Gasteiger partial charge on any atom is -0.486 e. The number of para-hydroxylation sites is 2. The molecule has 0 bridgehead atoms. The first-order chi connectivity index (χ1) is 20.0. The molecule has 42 heavy (non-hydrogen) atoms. The first-order valence-electron chi connectivity index (χ1n) is 13.3. The Labute approximate surface area is 247 Å². The van der Waals surface area contributed by atoms with Gasteiger partial charge in [-0.3, -0.25) is 9.59 Å². The molecule has 14 heteroatoms. The van der Waals surface area contributed by atoms with E-state index in [-0.39, 0.29) is 58.6 Å². The van der Waals surface area contributed by atoms with Crippen LogP contribution in [0.1, 0.15) is 34.0 Å². The van der Waals surface area contributed by atoms with E-state index in [2.05, 4.69) is 15.3 Å². The molecule has 0 saturated heterocycles. The summed E-state index contributed by atoms with van der Waals surface area (Å²) in [5.41, 5.74) is 1.13. The number of carbonyl (C=O) groups excluding carboxylic acids is 2. The third kappa shape index (κ3) is 5.75. The van der Waals surface area contributed by atoms with E-state index in [0.29, 0.717) is 5.52 Å². The Kier molecular flexibility index (Phi) is 8.32. The van der Waals surface area contributed by atoms with Gasteiger partial charge in [-0.2, -0.15) is 4.31 Å². The number of aliphatic hydroxyl groups is 1. The van der Waals surface area contributed by atoms with Gasteiger partial charge in [0, 0.05) is 32.8 Å². The number of hydrogen-bond donors (Lipinski definition) is 2. The Balaban J connectivity index is 1.51. The van der Waals surface area contributed by atoms with Gasteiger partial charge in [0.1, 0.15) is 6.10 Å². The molecular formula is C28H32N6O6S2. The summed E-state index contributed by atoms with van der Waals surface area (Å²) >= 11 is 1.24. The van der Waals surface area contributed by atoms with Crippen molar-refractivity contribution in [2.45, 2.75) is 31.0 Å². The Morgan fingerprint density at radius 1 is 1.26 bits per heavy atom. The Morgan fingerprint density at radius 2 is 2.02 bits per heavy atom. The lowest BCUT2D eigenvalue weighted by atomic mass is 9.99. The van der Waals surface area contributed by atoms with Crippen molar-refractivity contribution >= 4 is 49.1 Å². The summed E-state index contributed by atoms with van der Waals surface area (Å²) in [5, 5.41) is 12.9. The van der Waals surface area contributed by atoms with Crippen LogP contribution >= 0.6 is 11.3 Å². The molecule has 0 saturated carbocycles. The Morgan fingerprint density at radius 3 is 2.71 bits per heavy atom. The van der Waals surface area contributed by atoms with Gasteiger partial charge < -0.3 is 24.6 Å². The second kappa shape index (κ2) is 11.8. The number of hydrogen-bond acceptors (Lipinski definition) is 9. The third-order valence-electron chi connectivity index (χ3n) is 7.22. The average molecular weight is 613 g/mol. The number of fused-ring (bicyclic) bond motifs is 2. The molecule has 3 heterocycles. The van der Waals surface area contributed by atoms with E-state index in [0.717, 1.165) is 4.70 Å². The lowest BCUT2D eigenvalue weighted by Gasteiger charge is -2.38. The van der Waals surface area contributed by atoms with Gasteiger partial charge in [-0.15, -0.1) is 11.3 Å². The third-order valence-corrected chi connectivity index (χ3v) is 9.96. The quantitative estimate of drug-likeness (QED) is 0.309. The number of aromatic nitrogens is 3. The van der Waals surface area contributed by atoms with E-state index < -0.39 is 28.1 Å². The van der Waals surface area contributed by atoms with E-state index in [1.807, 2.05) is 31.2 Å². The molecule has 0 radical (unpaired) electrons. The second-order valence-corrected chi connectivity index (χ2v) is 13.4. The van der Waals surface area contributed by atoms with Crippen molar-refractivity contribution in [3.8, 4) is 5.75 Å². The van der Waals surface area contributed by atoms with Crippen molar-refractivity contribution in [1.82, 2.24) is 23.7 Å². The summed E-state index contributed by atoms with van der Waals surface area (Å²) < 4.78 is 36.6. The SMILES string of the molecule is C[C@H](CO)N1C[C@H](C)[C@@H](CN(C)S(=O)(=O)c2cn(C)cn2)Oc2c(NC(=O)c3nc4ccccc4s3)cccc2C1=O. The van der Waals surface area contributed by atoms with Gasteiger partial charge in [-0.05, 0) is 31.2 Å². The molecule has 2 N–H and O–H groups in total. The van der Waals surface area contributed by atoms with Gasteiger partial charge in [0.05, 0.1) is 47.0 Å². The minimum atomic E-state index is -3.94.